The average Bonchev–Trinajstić information content (AvgIpc) is 2.33. The lowest BCUT2D eigenvalue weighted by molar-refractivity contribution is -0.00215. The Bertz CT molecular complexity index is 225. The van der Waals surface area contributed by atoms with Gasteiger partial charge in [-0.2, -0.15) is 0 Å². The van der Waals surface area contributed by atoms with E-state index in [0.717, 1.165) is 32.5 Å². The fourth-order valence-electron chi connectivity index (χ4n) is 2.29. The molecule has 0 spiro atoms. The number of hydrogen-bond donors (Lipinski definition) is 2. The molecule has 0 aliphatic carbocycles. The van der Waals surface area contributed by atoms with Crippen molar-refractivity contribution in [3.05, 3.63) is 11.8 Å². The van der Waals surface area contributed by atoms with Crippen LogP contribution in [0, 0.1) is 0 Å². The lowest BCUT2D eigenvalue weighted by Crippen LogP contribution is -2.48. The molecule has 0 amide bonds. The number of ether oxygens (including phenoxy) is 2. The third-order valence-corrected chi connectivity index (χ3v) is 3.13. The van der Waals surface area contributed by atoms with Crippen LogP contribution < -0.4 is 11.3 Å². The van der Waals surface area contributed by atoms with E-state index in [4.69, 9.17) is 15.3 Å². The Hall–Kier alpha value is -0.580. The fourth-order valence-corrected chi connectivity index (χ4v) is 2.29. The molecule has 2 rings (SSSR count). The molecule has 15 heavy (non-hydrogen) atoms. The van der Waals surface area contributed by atoms with Crippen LogP contribution in [0.4, 0.5) is 0 Å². The lowest BCUT2D eigenvalue weighted by atomic mass is 9.93. The Kier molecular flexibility index (Phi) is 4.00. The first-order valence-corrected chi connectivity index (χ1v) is 5.80. The first-order valence-electron chi connectivity index (χ1n) is 5.80. The number of rotatable bonds is 3. The summed E-state index contributed by atoms with van der Waals surface area (Å²) >= 11 is 0. The van der Waals surface area contributed by atoms with Gasteiger partial charge in [-0.15, -0.1) is 0 Å². The van der Waals surface area contributed by atoms with Crippen LogP contribution in [0.15, 0.2) is 11.8 Å². The Labute approximate surface area is 90.8 Å². The maximum atomic E-state index is 5.75. The molecule has 0 aromatic rings. The molecule has 0 aromatic carbocycles. The van der Waals surface area contributed by atoms with Gasteiger partial charge in [0.1, 0.15) is 0 Å². The predicted molar refractivity (Wildman–Crippen MR) is 58.0 cm³/mol. The standard InChI is InChI=1S/C11H20N2O2/c12-13-11(9-4-3-6-14-8-9)10-5-1-2-7-15-10/h8,10-11,13H,1-7,12H2. The highest BCUT2D eigenvalue weighted by molar-refractivity contribution is 5.12. The summed E-state index contributed by atoms with van der Waals surface area (Å²) in [6.45, 7) is 1.68. The van der Waals surface area contributed by atoms with Gasteiger partial charge in [0, 0.05) is 6.61 Å². The minimum Gasteiger partial charge on any atom is -0.501 e. The first kappa shape index (κ1) is 10.9. The summed E-state index contributed by atoms with van der Waals surface area (Å²) in [7, 11) is 0. The van der Waals surface area contributed by atoms with Gasteiger partial charge in [0.25, 0.3) is 0 Å². The molecule has 2 unspecified atom stereocenters. The maximum Gasteiger partial charge on any atom is 0.0876 e. The topological polar surface area (TPSA) is 56.5 Å². The lowest BCUT2D eigenvalue weighted by Gasteiger charge is -2.32. The second kappa shape index (κ2) is 5.49. The highest BCUT2D eigenvalue weighted by atomic mass is 16.5. The third kappa shape index (κ3) is 2.71. The summed E-state index contributed by atoms with van der Waals surface area (Å²) in [5.74, 6) is 5.61. The van der Waals surface area contributed by atoms with Crippen molar-refractivity contribution in [3.8, 4) is 0 Å². The minimum absolute atomic E-state index is 0.130. The SMILES string of the molecule is NNC(C1=COCCC1)C1CCCCO1. The number of nitrogens with one attached hydrogen (secondary N) is 1. The monoisotopic (exact) mass is 212 g/mol. The zero-order valence-corrected chi connectivity index (χ0v) is 9.08. The summed E-state index contributed by atoms with van der Waals surface area (Å²) in [5, 5.41) is 0. The number of hydrazine groups is 1. The van der Waals surface area contributed by atoms with E-state index >= 15 is 0 Å². The van der Waals surface area contributed by atoms with Gasteiger partial charge >= 0.3 is 0 Å². The summed E-state index contributed by atoms with van der Waals surface area (Å²) in [6.07, 6.45) is 7.71. The second-order valence-electron chi connectivity index (χ2n) is 4.22. The van der Waals surface area contributed by atoms with Crippen LogP contribution >= 0.6 is 0 Å². The van der Waals surface area contributed by atoms with E-state index in [1.165, 1.54) is 18.4 Å². The normalized spacial score (nSPS) is 29.1. The molecule has 2 heterocycles. The molecular weight excluding hydrogens is 192 g/mol. The Morgan fingerprint density at radius 2 is 2.27 bits per heavy atom. The molecular formula is C11H20N2O2. The molecule has 3 N–H and O–H groups in total. The van der Waals surface area contributed by atoms with Crippen LogP contribution in [0.2, 0.25) is 0 Å². The van der Waals surface area contributed by atoms with Crippen molar-refractivity contribution in [3.63, 3.8) is 0 Å². The van der Waals surface area contributed by atoms with Crippen LogP contribution in [-0.4, -0.2) is 25.4 Å². The zero-order chi connectivity index (χ0) is 10.5. The van der Waals surface area contributed by atoms with Gasteiger partial charge in [-0.05, 0) is 37.7 Å². The third-order valence-electron chi connectivity index (χ3n) is 3.13. The van der Waals surface area contributed by atoms with E-state index < -0.39 is 0 Å². The Morgan fingerprint density at radius 1 is 1.33 bits per heavy atom. The van der Waals surface area contributed by atoms with Crippen LogP contribution in [0.25, 0.3) is 0 Å². The smallest absolute Gasteiger partial charge is 0.0876 e. The largest absolute Gasteiger partial charge is 0.501 e. The van der Waals surface area contributed by atoms with Gasteiger partial charge in [0.15, 0.2) is 0 Å². The molecule has 0 aromatic heterocycles. The van der Waals surface area contributed by atoms with E-state index in [-0.39, 0.29) is 12.1 Å². The van der Waals surface area contributed by atoms with Crippen molar-refractivity contribution < 1.29 is 9.47 Å². The van der Waals surface area contributed by atoms with Crippen molar-refractivity contribution in [2.45, 2.75) is 44.2 Å². The molecule has 2 aliphatic rings. The molecule has 4 heteroatoms. The molecule has 4 nitrogen and oxygen atoms in total. The summed E-state index contributed by atoms with van der Waals surface area (Å²) < 4.78 is 11.1. The van der Waals surface area contributed by atoms with Crippen LogP contribution in [-0.2, 0) is 9.47 Å². The maximum absolute atomic E-state index is 5.75. The van der Waals surface area contributed by atoms with E-state index in [2.05, 4.69) is 5.43 Å². The van der Waals surface area contributed by atoms with E-state index in [9.17, 15) is 0 Å². The second-order valence-corrected chi connectivity index (χ2v) is 4.22. The molecule has 0 saturated carbocycles. The van der Waals surface area contributed by atoms with Crippen molar-refractivity contribution in [2.75, 3.05) is 13.2 Å². The quantitative estimate of drug-likeness (QED) is 0.543. The van der Waals surface area contributed by atoms with Gasteiger partial charge in [-0.25, -0.2) is 0 Å². The molecule has 2 aliphatic heterocycles. The highest BCUT2D eigenvalue weighted by Gasteiger charge is 2.27. The molecule has 2 atom stereocenters. The predicted octanol–water partition coefficient (Wildman–Crippen LogP) is 1.08. The van der Waals surface area contributed by atoms with Gasteiger partial charge in [0.2, 0.25) is 0 Å². The molecule has 0 bridgehead atoms. The van der Waals surface area contributed by atoms with Gasteiger partial charge < -0.3 is 9.47 Å². The first-order chi connectivity index (χ1) is 7.42. The fraction of sp³-hybridized carbons (Fsp3) is 0.818. The minimum atomic E-state index is 0.130. The van der Waals surface area contributed by atoms with Crippen LogP contribution in [0.5, 0.6) is 0 Å². The van der Waals surface area contributed by atoms with E-state index in [1.54, 1.807) is 0 Å². The highest BCUT2D eigenvalue weighted by Crippen LogP contribution is 2.24. The molecule has 1 fully saturated rings. The van der Waals surface area contributed by atoms with Crippen LogP contribution in [0.3, 0.4) is 0 Å². The van der Waals surface area contributed by atoms with Crippen molar-refractivity contribution in [1.82, 2.24) is 5.43 Å². The molecule has 86 valence electrons. The Morgan fingerprint density at radius 3 is 2.87 bits per heavy atom. The van der Waals surface area contributed by atoms with Crippen molar-refractivity contribution >= 4 is 0 Å². The van der Waals surface area contributed by atoms with E-state index in [0.29, 0.717) is 0 Å². The van der Waals surface area contributed by atoms with E-state index in [1.807, 2.05) is 6.26 Å². The number of nitrogens with two attached hydrogens (primary N) is 1. The molecule has 1 saturated heterocycles. The summed E-state index contributed by atoms with van der Waals surface area (Å²) in [6, 6.07) is 0.130. The van der Waals surface area contributed by atoms with Gasteiger partial charge in [-0.3, -0.25) is 11.3 Å². The summed E-state index contributed by atoms with van der Waals surface area (Å²) in [5.41, 5.74) is 4.11. The Balaban J connectivity index is 1.98. The van der Waals surface area contributed by atoms with Gasteiger partial charge in [0.05, 0.1) is 25.0 Å². The number of hydrogen-bond acceptors (Lipinski definition) is 4. The molecule has 0 radical (unpaired) electrons. The average molecular weight is 212 g/mol. The van der Waals surface area contributed by atoms with Crippen molar-refractivity contribution in [1.29, 1.82) is 0 Å². The summed E-state index contributed by atoms with van der Waals surface area (Å²) in [4.78, 5) is 0. The van der Waals surface area contributed by atoms with Crippen molar-refractivity contribution in [2.24, 2.45) is 5.84 Å². The van der Waals surface area contributed by atoms with Gasteiger partial charge in [-0.1, -0.05) is 0 Å². The van der Waals surface area contributed by atoms with Crippen LogP contribution in [0.1, 0.15) is 32.1 Å². The zero-order valence-electron chi connectivity index (χ0n) is 9.08.